The predicted molar refractivity (Wildman–Crippen MR) is 115 cm³/mol. The highest BCUT2D eigenvalue weighted by Gasteiger charge is 2.42. The molecule has 2 fully saturated rings. The first-order valence-electron chi connectivity index (χ1n) is 10.2. The van der Waals surface area contributed by atoms with Gasteiger partial charge in [-0.2, -0.15) is 0 Å². The van der Waals surface area contributed by atoms with Crippen molar-refractivity contribution in [3.05, 3.63) is 58.8 Å². The molecule has 2 bridgehead atoms. The van der Waals surface area contributed by atoms with E-state index in [9.17, 15) is 13.2 Å². The van der Waals surface area contributed by atoms with Gasteiger partial charge in [0.05, 0.1) is 5.75 Å². The fourth-order valence-corrected chi connectivity index (χ4v) is 5.47. The van der Waals surface area contributed by atoms with Crippen molar-refractivity contribution in [2.45, 2.75) is 44.9 Å². The summed E-state index contributed by atoms with van der Waals surface area (Å²) < 4.78 is 27.6. The highest BCUT2D eigenvalue weighted by atomic mass is 35.5. The van der Waals surface area contributed by atoms with E-state index in [1.807, 2.05) is 12.1 Å². The van der Waals surface area contributed by atoms with Crippen molar-refractivity contribution in [3.63, 3.8) is 0 Å². The summed E-state index contributed by atoms with van der Waals surface area (Å²) in [6.45, 7) is 0. The molecule has 0 radical (unpaired) electrons. The highest BCUT2D eigenvalue weighted by molar-refractivity contribution is 7.89. The van der Waals surface area contributed by atoms with Gasteiger partial charge in [-0.25, -0.2) is 8.42 Å². The van der Waals surface area contributed by atoms with Gasteiger partial charge in [0.2, 0.25) is 10.0 Å². The van der Waals surface area contributed by atoms with Gasteiger partial charge in [-0.15, -0.1) is 0 Å². The third kappa shape index (κ3) is 6.34. The Morgan fingerprint density at radius 1 is 1.24 bits per heavy atom. The van der Waals surface area contributed by atoms with Crippen LogP contribution < -0.4 is 4.72 Å². The lowest BCUT2D eigenvalue weighted by atomic mass is 9.84. The quantitative estimate of drug-likeness (QED) is 0.415. The van der Waals surface area contributed by atoms with Crippen molar-refractivity contribution >= 4 is 27.6 Å². The molecule has 1 aromatic rings. The number of rotatable bonds is 10. The summed E-state index contributed by atoms with van der Waals surface area (Å²) in [5, 5.41) is 9.36. The first kappa shape index (κ1) is 21.9. The number of nitrogens with one attached hydrogen (secondary N) is 1. The maximum Gasteiger partial charge on any atom is 0.303 e. The number of unbranched alkanes of at least 4 members (excludes halogenated alkanes) is 1. The molecule has 7 heteroatoms. The van der Waals surface area contributed by atoms with Crippen LogP contribution in [-0.2, 0) is 21.2 Å². The zero-order valence-electron chi connectivity index (χ0n) is 16.4. The standard InChI is InChI=1S/C22H28ClNO4S/c23-19-10-6-16(7-11-19)12-13-29(27,28)24-15-21-18-9-8-17(14-18)20(21)4-2-1-3-5-22(25)26/h2,4,6-7,10-11,15,17-18,20,24H,1,3,5,8-9,12-14H2,(H,25,26). The van der Waals surface area contributed by atoms with Crippen molar-refractivity contribution < 1.29 is 18.3 Å². The summed E-state index contributed by atoms with van der Waals surface area (Å²) >= 11 is 5.87. The van der Waals surface area contributed by atoms with E-state index in [2.05, 4.69) is 16.9 Å². The van der Waals surface area contributed by atoms with E-state index < -0.39 is 16.0 Å². The van der Waals surface area contributed by atoms with Crippen molar-refractivity contribution in [3.8, 4) is 0 Å². The van der Waals surface area contributed by atoms with Gasteiger partial charge >= 0.3 is 5.97 Å². The fourth-order valence-electron chi connectivity index (χ4n) is 4.41. The number of benzene rings is 1. The number of carboxylic acids is 1. The van der Waals surface area contributed by atoms with Crippen LogP contribution in [0.25, 0.3) is 0 Å². The summed E-state index contributed by atoms with van der Waals surface area (Å²) in [5.41, 5.74) is 2.11. The van der Waals surface area contributed by atoms with Crippen LogP contribution in [-0.4, -0.2) is 25.2 Å². The van der Waals surface area contributed by atoms with E-state index in [0.29, 0.717) is 29.7 Å². The number of halogens is 1. The summed E-state index contributed by atoms with van der Waals surface area (Å²) in [7, 11) is -3.40. The number of allylic oxidation sites excluding steroid dienone is 3. The summed E-state index contributed by atoms with van der Waals surface area (Å²) in [5.74, 6) is 0.542. The van der Waals surface area contributed by atoms with Crippen molar-refractivity contribution in [2.24, 2.45) is 17.8 Å². The first-order valence-corrected chi connectivity index (χ1v) is 12.2. The Morgan fingerprint density at radius 3 is 2.72 bits per heavy atom. The molecule has 29 heavy (non-hydrogen) atoms. The van der Waals surface area contributed by atoms with Gasteiger partial charge in [0.25, 0.3) is 0 Å². The number of aryl methyl sites for hydroxylation is 1. The van der Waals surface area contributed by atoms with E-state index in [1.54, 1.807) is 18.3 Å². The highest BCUT2D eigenvalue weighted by Crippen LogP contribution is 2.52. The third-order valence-electron chi connectivity index (χ3n) is 5.92. The van der Waals surface area contributed by atoms with Crippen LogP contribution in [0.1, 0.15) is 44.1 Å². The summed E-state index contributed by atoms with van der Waals surface area (Å²) in [6, 6.07) is 7.22. The van der Waals surface area contributed by atoms with E-state index in [4.69, 9.17) is 16.7 Å². The fraction of sp³-hybridized carbons (Fsp3) is 0.500. The second-order valence-electron chi connectivity index (χ2n) is 7.97. The van der Waals surface area contributed by atoms with Gasteiger partial charge in [0.15, 0.2) is 0 Å². The molecule has 2 aliphatic carbocycles. The Bertz CT molecular complexity index is 877. The summed E-state index contributed by atoms with van der Waals surface area (Å²) in [4.78, 5) is 10.6. The van der Waals surface area contributed by atoms with E-state index in [1.165, 1.54) is 12.0 Å². The Balaban J connectivity index is 1.57. The first-order chi connectivity index (χ1) is 13.8. The van der Waals surface area contributed by atoms with Crippen LogP contribution >= 0.6 is 11.6 Å². The average molecular weight is 438 g/mol. The zero-order valence-corrected chi connectivity index (χ0v) is 18.0. The molecular formula is C22H28ClNO4S. The maximum absolute atomic E-state index is 12.4. The van der Waals surface area contributed by atoms with Crippen LogP contribution in [0.4, 0.5) is 0 Å². The van der Waals surface area contributed by atoms with Crippen molar-refractivity contribution in [2.75, 3.05) is 5.75 Å². The smallest absolute Gasteiger partial charge is 0.303 e. The van der Waals surface area contributed by atoms with Crippen molar-refractivity contribution in [1.29, 1.82) is 0 Å². The molecule has 2 aliphatic rings. The predicted octanol–water partition coefficient (Wildman–Crippen LogP) is 4.54. The van der Waals surface area contributed by atoms with Gasteiger partial charge in [0.1, 0.15) is 0 Å². The van der Waals surface area contributed by atoms with Gasteiger partial charge in [0, 0.05) is 23.6 Å². The number of sulfonamides is 1. The molecule has 0 aromatic heterocycles. The number of carbonyl (C=O) groups is 1. The van der Waals surface area contributed by atoms with Gasteiger partial charge in [-0.1, -0.05) is 35.9 Å². The molecule has 0 heterocycles. The largest absolute Gasteiger partial charge is 0.481 e. The average Bonchev–Trinajstić information content (AvgIpc) is 3.27. The molecule has 2 N–H and O–H groups in total. The molecule has 3 rings (SSSR count). The second-order valence-corrected chi connectivity index (χ2v) is 10.3. The van der Waals surface area contributed by atoms with Crippen LogP contribution in [0, 0.1) is 17.8 Å². The van der Waals surface area contributed by atoms with Gasteiger partial charge in [-0.05, 0) is 73.6 Å². The van der Waals surface area contributed by atoms with E-state index in [-0.39, 0.29) is 18.1 Å². The summed E-state index contributed by atoms with van der Waals surface area (Å²) in [6.07, 6.45) is 11.3. The topological polar surface area (TPSA) is 83.5 Å². The molecular weight excluding hydrogens is 410 g/mol. The molecule has 3 unspecified atom stereocenters. The number of carboxylic acid groups (broad SMARTS) is 1. The number of fused-ring (bicyclic) bond motifs is 2. The Hall–Kier alpha value is -1.79. The maximum atomic E-state index is 12.4. The molecule has 158 valence electrons. The SMILES string of the molecule is O=C(O)CCCC=CC1C(=CNS(=O)(=O)CCc2ccc(Cl)cc2)C2CCC1C2. The van der Waals surface area contributed by atoms with Crippen LogP contribution in [0.15, 0.2) is 48.2 Å². The van der Waals surface area contributed by atoms with Crippen LogP contribution in [0.3, 0.4) is 0 Å². The minimum atomic E-state index is -3.40. The second kappa shape index (κ2) is 9.81. The normalized spacial score (nSPS) is 25.1. The van der Waals surface area contributed by atoms with E-state index in [0.717, 1.165) is 24.8 Å². The Labute approximate surface area is 177 Å². The van der Waals surface area contributed by atoms with Gasteiger partial charge < -0.3 is 5.11 Å². The Kier molecular flexibility index (Phi) is 7.41. The zero-order chi connectivity index (χ0) is 20.9. The Morgan fingerprint density at radius 2 is 2.00 bits per heavy atom. The van der Waals surface area contributed by atoms with Crippen molar-refractivity contribution in [1.82, 2.24) is 4.72 Å². The lowest BCUT2D eigenvalue weighted by Gasteiger charge is -2.22. The minimum absolute atomic E-state index is 0.0300. The lowest BCUT2D eigenvalue weighted by molar-refractivity contribution is -0.137. The lowest BCUT2D eigenvalue weighted by Crippen LogP contribution is -2.24. The molecule has 0 saturated heterocycles. The molecule has 2 saturated carbocycles. The molecule has 0 aliphatic heterocycles. The molecule has 5 nitrogen and oxygen atoms in total. The van der Waals surface area contributed by atoms with E-state index >= 15 is 0 Å². The molecule has 1 aromatic carbocycles. The van der Waals surface area contributed by atoms with Crippen LogP contribution in [0.5, 0.6) is 0 Å². The minimum Gasteiger partial charge on any atom is -0.481 e. The molecule has 0 amide bonds. The third-order valence-corrected chi connectivity index (χ3v) is 7.39. The van der Waals surface area contributed by atoms with Gasteiger partial charge in [-0.3, -0.25) is 9.52 Å². The number of hydrogen-bond acceptors (Lipinski definition) is 3. The number of hydrogen-bond donors (Lipinski definition) is 2. The van der Waals surface area contributed by atoms with Crippen LogP contribution in [0.2, 0.25) is 5.02 Å². The monoisotopic (exact) mass is 437 g/mol. The molecule has 0 spiro atoms. The number of aliphatic carboxylic acids is 1. The molecule has 3 atom stereocenters.